The van der Waals surface area contributed by atoms with Gasteiger partial charge in [0.05, 0.1) is 12.2 Å². The van der Waals surface area contributed by atoms with Crippen LogP contribution < -0.4 is 5.32 Å². The largest absolute Gasteiger partial charge is 0.353 e. The van der Waals surface area contributed by atoms with Crippen LogP contribution in [0.15, 0.2) is 67.0 Å². The minimum Gasteiger partial charge on any atom is -0.353 e. The van der Waals surface area contributed by atoms with Crippen molar-refractivity contribution in [2.24, 2.45) is 0 Å². The Labute approximate surface area is 224 Å². The second kappa shape index (κ2) is 10.9. The van der Waals surface area contributed by atoms with E-state index in [-0.39, 0.29) is 56.5 Å². The molecule has 0 aliphatic carbocycles. The van der Waals surface area contributed by atoms with Crippen molar-refractivity contribution in [1.29, 1.82) is 0 Å². The lowest BCUT2D eigenvalue weighted by Crippen LogP contribution is -2.59. The van der Waals surface area contributed by atoms with Crippen LogP contribution in [0.3, 0.4) is 0 Å². The molecule has 1 aromatic heterocycles. The number of carbonyl (C=O) groups is 3. The van der Waals surface area contributed by atoms with Gasteiger partial charge in [-0.2, -0.15) is 0 Å². The monoisotopic (exact) mass is 534 g/mol. The van der Waals surface area contributed by atoms with E-state index in [4.69, 9.17) is 4.74 Å². The number of aryl methyl sites for hydroxylation is 1. The van der Waals surface area contributed by atoms with Gasteiger partial charge in [-0.3, -0.25) is 24.3 Å². The van der Waals surface area contributed by atoms with Gasteiger partial charge in [0.2, 0.25) is 5.91 Å². The van der Waals surface area contributed by atoms with Crippen LogP contribution in [-0.2, 0) is 16.1 Å². The first kappa shape index (κ1) is 26.4. The first-order chi connectivity index (χ1) is 18.8. The van der Waals surface area contributed by atoms with Crippen molar-refractivity contribution in [1.82, 2.24) is 20.1 Å². The number of hydrogen-bond acceptors (Lipinski definition) is 5. The van der Waals surface area contributed by atoms with Crippen LogP contribution >= 0.6 is 0 Å². The maximum atomic E-state index is 14.3. The van der Waals surface area contributed by atoms with Gasteiger partial charge >= 0.3 is 0 Å². The summed E-state index contributed by atoms with van der Waals surface area (Å²) in [7, 11) is 0. The summed E-state index contributed by atoms with van der Waals surface area (Å²) in [6.07, 6.45) is 3.75. The summed E-state index contributed by atoms with van der Waals surface area (Å²) in [6.45, 7) is 2.45. The van der Waals surface area contributed by atoms with Crippen LogP contribution in [0.25, 0.3) is 0 Å². The minimum atomic E-state index is -1.12. The average Bonchev–Trinajstić information content (AvgIpc) is 3.30. The summed E-state index contributed by atoms with van der Waals surface area (Å²) in [4.78, 5) is 47.2. The molecule has 8 nitrogen and oxygen atoms in total. The number of benzene rings is 2. The molecule has 1 atom stereocenters. The fourth-order valence-electron chi connectivity index (χ4n) is 5.19. The maximum Gasteiger partial charge on any atom is 0.256 e. The van der Waals surface area contributed by atoms with Crippen LogP contribution in [0.1, 0.15) is 44.7 Å². The third-order valence-electron chi connectivity index (χ3n) is 7.23. The predicted molar refractivity (Wildman–Crippen MR) is 137 cm³/mol. The second-order valence-corrected chi connectivity index (χ2v) is 9.81. The molecule has 10 heteroatoms. The Bertz CT molecular complexity index is 1390. The molecule has 3 aromatic rings. The Hall–Kier alpha value is -4.18. The molecule has 0 radical (unpaired) electrons. The van der Waals surface area contributed by atoms with Crippen molar-refractivity contribution in [2.75, 3.05) is 19.7 Å². The molecule has 5 rings (SSSR count). The first-order valence-electron chi connectivity index (χ1n) is 12.7. The van der Waals surface area contributed by atoms with Gasteiger partial charge in [0.25, 0.3) is 11.8 Å². The Balaban J connectivity index is 1.37. The molecule has 0 saturated carbocycles. The minimum absolute atomic E-state index is 0.00301. The fraction of sp³-hybridized carbons (Fsp3) is 0.310. The van der Waals surface area contributed by atoms with Crippen LogP contribution in [0.5, 0.6) is 0 Å². The SMILES string of the molecule is Cc1cccc(C(=O)N2C(C(=O)NCc3cccnc3)COC23CCN(C(=O)c2ccc(F)cc2F)CC3)c1. The summed E-state index contributed by atoms with van der Waals surface area (Å²) in [6, 6.07) is 12.7. The average molecular weight is 535 g/mol. The van der Waals surface area contributed by atoms with Crippen molar-refractivity contribution < 1.29 is 27.9 Å². The topological polar surface area (TPSA) is 91.8 Å². The van der Waals surface area contributed by atoms with Crippen molar-refractivity contribution in [3.63, 3.8) is 0 Å². The standard InChI is InChI=1S/C29H28F2N4O4/c1-19-4-2-6-21(14-19)27(37)35-25(26(36)33-17-20-5-3-11-32-16-20)18-39-29(35)9-12-34(13-10-29)28(38)23-8-7-22(30)15-24(23)31/h2-8,11,14-16,25H,9-10,12-13,17-18H2,1H3,(H,33,36). The van der Waals surface area contributed by atoms with Crippen molar-refractivity contribution in [2.45, 2.75) is 38.1 Å². The highest BCUT2D eigenvalue weighted by Crippen LogP contribution is 2.39. The number of amides is 3. The van der Waals surface area contributed by atoms with Crippen LogP contribution in [0, 0.1) is 18.6 Å². The second-order valence-electron chi connectivity index (χ2n) is 9.81. The molecule has 0 bridgehead atoms. The van der Waals surface area contributed by atoms with Crippen LogP contribution in [-0.4, -0.2) is 64.0 Å². The van der Waals surface area contributed by atoms with Gasteiger partial charge in [-0.15, -0.1) is 0 Å². The Kier molecular flexibility index (Phi) is 7.38. The summed E-state index contributed by atoms with van der Waals surface area (Å²) in [5.41, 5.74) is 0.803. The molecule has 3 amide bonds. The number of rotatable bonds is 5. The predicted octanol–water partition coefficient (Wildman–Crippen LogP) is 3.46. The van der Waals surface area contributed by atoms with Crippen molar-refractivity contribution in [3.05, 3.63) is 101 Å². The number of ether oxygens (including phenoxy) is 1. The Morgan fingerprint density at radius 1 is 1.05 bits per heavy atom. The molecule has 3 heterocycles. The smallest absolute Gasteiger partial charge is 0.256 e. The third-order valence-corrected chi connectivity index (χ3v) is 7.23. The van der Waals surface area contributed by atoms with Gasteiger partial charge in [-0.1, -0.05) is 23.8 Å². The zero-order valence-corrected chi connectivity index (χ0v) is 21.4. The zero-order valence-electron chi connectivity index (χ0n) is 21.4. The van der Waals surface area contributed by atoms with E-state index in [1.54, 1.807) is 36.7 Å². The molecular weight excluding hydrogens is 506 g/mol. The lowest BCUT2D eigenvalue weighted by Gasteiger charge is -2.44. The van der Waals surface area contributed by atoms with Crippen molar-refractivity contribution in [3.8, 4) is 0 Å². The molecule has 202 valence electrons. The number of nitrogens with zero attached hydrogens (tertiary/aromatic N) is 3. The van der Waals surface area contributed by atoms with Gasteiger partial charge in [-0.25, -0.2) is 8.78 Å². The molecule has 2 aromatic carbocycles. The van der Waals surface area contributed by atoms with E-state index in [9.17, 15) is 23.2 Å². The van der Waals surface area contributed by atoms with E-state index in [1.807, 2.05) is 19.1 Å². The molecule has 2 saturated heterocycles. The van der Waals surface area contributed by atoms with E-state index in [0.29, 0.717) is 11.6 Å². The maximum absolute atomic E-state index is 14.3. The number of piperidine rings is 1. The third kappa shape index (κ3) is 5.37. The normalized spacial score (nSPS) is 18.3. The Morgan fingerprint density at radius 3 is 2.54 bits per heavy atom. The lowest BCUT2D eigenvalue weighted by molar-refractivity contribution is -0.128. The fourth-order valence-corrected chi connectivity index (χ4v) is 5.19. The number of nitrogens with one attached hydrogen (secondary N) is 1. The van der Waals surface area contributed by atoms with Gasteiger partial charge in [-0.05, 0) is 42.8 Å². The molecule has 2 aliphatic heterocycles. The van der Waals surface area contributed by atoms with E-state index in [0.717, 1.165) is 23.3 Å². The molecule has 2 fully saturated rings. The van der Waals surface area contributed by atoms with E-state index in [2.05, 4.69) is 10.3 Å². The lowest BCUT2D eigenvalue weighted by atomic mass is 9.95. The number of likely N-dealkylation sites (tertiary alicyclic amines) is 1. The van der Waals surface area contributed by atoms with Gasteiger partial charge in [0.15, 0.2) is 0 Å². The highest BCUT2D eigenvalue weighted by atomic mass is 19.1. The van der Waals surface area contributed by atoms with E-state index in [1.165, 1.54) is 9.80 Å². The number of pyridine rings is 1. The molecule has 1 N–H and O–H groups in total. The van der Waals surface area contributed by atoms with Gasteiger partial charge in [0.1, 0.15) is 23.4 Å². The number of halogens is 2. The number of hydrogen-bond donors (Lipinski definition) is 1. The zero-order chi connectivity index (χ0) is 27.6. The Morgan fingerprint density at radius 2 is 1.85 bits per heavy atom. The summed E-state index contributed by atoms with van der Waals surface area (Å²) < 4.78 is 33.8. The van der Waals surface area contributed by atoms with Crippen LogP contribution in [0.2, 0.25) is 0 Å². The summed E-state index contributed by atoms with van der Waals surface area (Å²) in [5.74, 6) is -2.97. The molecule has 39 heavy (non-hydrogen) atoms. The van der Waals surface area contributed by atoms with Gasteiger partial charge < -0.3 is 15.0 Å². The highest BCUT2D eigenvalue weighted by Gasteiger charge is 2.54. The molecule has 1 spiro atoms. The van der Waals surface area contributed by atoms with Gasteiger partial charge in [0, 0.05) is 56.5 Å². The van der Waals surface area contributed by atoms with E-state index >= 15 is 0 Å². The summed E-state index contributed by atoms with van der Waals surface area (Å²) >= 11 is 0. The van der Waals surface area contributed by atoms with Crippen LogP contribution in [0.4, 0.5) is 8.78 Å². The number of aromatic nitrogens is 1. The molecule has 2 aliphatic rings. The highest BCUT2D eigenvalue weighted by molar-refractivity contribution is 5.99. The van der Waals surface area contributed by atoms with E-state index < -0.39 is 29.3 Å². The van der Waals surface area contributed by atoms with Crippen molar-refractivity contribution >= 4 is 17.7 Å². The first-order valence-corrected chi connectivity index (χ1v) is 12.7. The number of carbonyl (C=O) groups excluding carboxylic acids is 3. The molecular formula is C29H28F2N4O4. The molecule has 1 unspecified atom stereocenters. The summed E-state index contributed by atoms with van der Waals surface area (Å²) in [5, 5.41) is 2.88. The quantitative estimate of drug-likeness (QED) is 0.542.